The van der Waals surface area contributed by atoms with Crippen molar-refractivity contribution in [2.45, 2.75) is 65.3 Å². The van der Waals surface area contributed by atoms with Crippen LogP contribution < -0.4 is 11.2 Å². The highest BCUT2D eigenvalue weighted by molar-refractivity contribution is 7.18. The van der Waals surface area contributed by atoms with Crippen molar-refractivity contribution in [2.75, 3.05) is 26.2 Å². The molecule has 0 unspecified atom stereocenters. The fraction of sp³-hybridized carbons (Fsp3) is 0.667. The summed E-state index contributed by atoms with van der Waals surface area (Å²) >= 11 is 1.47. The molecule has 0 aromatic carbocycles. The lowest BCUT2D eigenvalue weighted by Gasteiger charge is -2.29. The van der Waals surface area contributed by atoms with E-state index >= 15 is 0 Å². The third-order valence-corrected chi connectivity index (χ3v) is 7.09. The molecule has 30 heavy (non-hydrogen) atoms. The molecule has 0 bridgehead atoms. The van der Waals surface area contributed by atoms with Gasteiger partial charge >= 0.3 is 11.7 Å². The van der Waals surface area contributed by atoms with Gasteiger partial charge in [0.15, 0.2) is 0 Å². The van der Waals surface area contributed by atoms with E-state index in [2.05, 4.69) is 4.90 Å². The summed E-state index contributed by atoms with van der Waals surface area (Å²) in [6.45, 7) is 9.27. The van der Waals surface area contributed by atoms with Gasteiger partial charge in [-0.1, -0.05) is 0 Å². The maximum Gasteiger partial charge on any atom is 0.332 e. The Hall–Kier alpha value is -1.97. The van der Waals surface area contributed by atoms with E-state index in [1.54, 1.807) is 11.5 Å². The predicted molar refractivity (Wildman–Crippen MR) is 115 cm³/mol. The molecule has 2 aromatic rings. The first-order chi connectivity index (χ1) is 14.3. The molecule has 4 heterocycles. The summed E-state index contributed by atoms with van der Waals surface area (Å²) in [7, 11) is 0. The highest BCUT2D eigenvalue weighted by Gasteiger charge is 2.32. The Bertz CT molecular complexity index is 1070. The van der Waals surface area contributed by atoms with Crippen LogP contribution in [0.1, 0.15) is 44.1 Å². The van der Waals surface area contributed by atoms with Gasteiger partial charge in [0, 0.05) is 24.4 Å². The first-order valence-corrected chi connectivity index (χ1v) is 11.4. The maximum absolute atomic E-state index is 13.3. The summed E-state index contributed by atoms with van der Waals surface area (Å²) in [5.41, 5.74) is -0.284. The average Bonchev–Trinajstić information content (AvgIpc) is 3.32. The van der Waals surface area contributed by atoms with E-state index in [0.29, 0.717) is 29.8 Å². The Morgan fingerprint density at radius 3 is 2.60 bits per heavy atom. The van der Waals surface area contributed by atoms with Gasteiger partial charge in [-0.2, -0.15) is 0 Å². The van der Waals surface area contributed by atoms with E-state index in [9.17, 15) is 14.4 Å². The van der Waals surface area contributed by atoms with Crippen molar-refractivity contribution < 1.29 is 14.3 Å². The van der Waals surface area contributed by atoms with Crippen LogP contribution in [0.3, 0.4) is 0 Å². The normalized spacial score (nSPS) is 18.6. The highest BCUT2D eigenvalue weighted by atomic mass is 32.1. The molecule has 0 saturated carbocycles. The monoisotopic (exact) mass is 435 g/mol. The largest absolute Gasteiger partial charge is 0.465 e. The Morgan fingerprint density at radius 2 is 1.90 bits per heavy atom. The summed E-state index contributed by atoms with van der Waals surface area (Å²) in [6.07, 6.45) is 2.94. The van der Waals surface area contributed by atoms with Crippen molar-refractivity contribution in [2.24, 2.45) is 0 Å². The van der Waals surface area contributed by atoms with Gasteiger partial charge in [0.05, 0.1) is 24.2 Å². The molecule has 0 atom stereocenters. The highest BCUT2D eigenvalue weighted by Crippen LogP contribution is 2.37. The number of fused-ring (bicyclic) bond motifs is 3. The van der Waals surface area contributed by atoms with Crippen LogP contribution in [0.15, 0.2) is 9.59 Å². The van der Waals surface area contributed by atoms with E-state index in [-0.39, 0.29) is 18.8 Å². The molecule has 4 rings (SSSR count). The topological polar surface area (TPSA) is 82.8 Å². The van der Waals surface area contributed by atoms with E-state index in [0.717, 1.165) is 34.6 Å². The lowest BCUT2D eigenvalue weighted by atomic mass is 9.94. The second-order valence-electron chi connectivity index (χ2n) is 8.59. The molecule has 0 spiro atoms. The third kappa shape index (κ3) is 3.98. The minimum absolute atomic E-state index is 0.207. The molecule has 2 aromatic heterocycles. The zero-order chi connectivity index (χ0) is 21.5. The number of carbonyl (C=O) groups is 1. The smallest absolute Gasteiger partial charge is 0.332 e. The van der Waals surface area contributed by atoms with Crippen LogP contribution in [0.2, 0.25) is 0 Å². The number of hydrogen-bond donors (Lipinski definition) is 0. The van der Waals surface area contributed by atoms with E-state index in [1.165, 1.54) is 24.2 Å². The lowest BCUT2D eigenvalue weighted by Crippen LogP contribution is -2.43. The molecular formula is C21H29N3O5S. The molecule has 1 fully saturated rings. The number of thiophene rings is 1. The van der Waals surface area contributed by atoms with Gasteiger partial charge in [-0.25, -0.2) is 9.36 Å². The Balaban J connectivity index is 1.84. The van der Waals surface area contributed by atoms with Crippen molar-refractivity contribution in [3.8, 4) is 0 Å². The van der Waals surface area contributed by atoms with Crippen molar-refractivity contribution in [3.63, 3.8) is 0 Å². The van der Waals surface area contributed by atoms with Gasteiger partial charge in [0.25, 0.3) is 5.56 Å². The van der Waals surface area contributed by atoms with Crippen LogP contribution in [0.25, 0.3) is 10.2 Å². The van der Waals surface area contributed by atoms with E-state index < -0.39 is 17.2 Å². The quantitative estimate of drug-likeness (QED) is 0.643. The van der Waals surface area contributed by atoms with Crippen molar-refractivity contribution >= 4 is 27.5 Å². The summed E-state index contributed by atoms with van der Waals surface area (Å²) in [5.74, 6) is -0.574. The lowest BCUT2D eigenvalue weighted by molar-refractivity contribution is -0.143. The molecular weight excluding hydrogens is 406 g/mol. The van der Waals surface area contributed by atoms with Crippen LogP contribution in [0, 0.1) is 0 Å². The van der Waals surface area contributed by atoms with Crippen molar-refractivity contribution in [1.82, 2.24) is 14.0 Å². The molecule has 2 aliphatic rings. The number of hydrogen-bond acceptors (Lipinski definition) is 7. The summed E-state index contributed by atoms with van der Waals surface area (Å²) in [6, 6.07) is 0. The van der Waals surface area contributed by atoms with Gasteiger partial charge < -0.3 is 14.4 Å². The number of likely N-dealkylation sites (tertiary alicyclic amines) is 1. The number of carbonyl (C=O) groups excluding carboxylic acids is 1. The van der Waals surface area contributed by atoms with Crippen LogP contribution in [0.5, 0.6) is 0 Å². The Labute approximate surface area is 179 Å². The second kappa shape index (κ2) is 8.28. The van der Waals surface area contributed by atoms with Crippen LogP contribution in [0.4, 0.5) is 0 Å². The van der Waals surface area contributed by atoms with Crippen LogP contribution >= 0.6 is 11.3 Å². The van der Waals surface area contributed by atoms with Gasteiger partial charge in [-0.15, -0.1) is 11.3 Å². The summed E-state index contributed by atoms with van der Waals surface area (Å²) < 4.78 is 13.6. The van der Waals surface area contributed by atoms with Gasteiger partial charge in [-0.05, 0) is 52.3 Å². The van der Waals surface area contributed by atoms with Crippen LogP contribution in [-0.4, -0.2) is 51.8 Å². The standard InChI is InChI=1S/C21H29N3O5S/c1-4-28-16(25)12-24-18(26)17-14-11-21(2,3)29-13-15(14)30-19(17)23(20(24)27)10-9-22-7-5-6-8-22/h4-13H2,1-3H3. The van der Waals surface area contributed by atoms with Gasteiger partial charge in [0.1, 0.15) is 11.4 Å². The first kappa shape index (κ1) is 21.3. The molecule has 8 nitrogen and oxygen atoms in total. The fourth-order valence-corrected chi connectivity index (χ4v) is 5.56. The zero-order valence-corrected chi connectivity index (χ0v) is 18.7. The van der Waals surface area contributed by atoms with E-state index in [1.807, 2.05) is 13.8 Å². The van der Waals surface area contributed by atoms with E-state index in [4.69, 9.17) is 9.47 Å². The molecule has 0 aliphatic carbocycles. The first-order valence-electron chi connectivity index (χ1n) is 10.6. The zero-order valence-electron chi connectivity index (χ0n) is 17.9. The Morgan fingerprint density at radius 1 is 1.17 bits per heavy atom. The SMILES string of the molecule is CCOC(=O)Cn1c(=O)c2c3c(sc2n(CCN2CCCC2)c1=O)COC(C)(C)C3. The summed E-state index contributed by atoms with van der Waals surface area (Å²) in [4.78, 5) is 42.7. The molecule has 2 aliphatic heterocycles. The molecule has 164 valence electrons. The Kier molecular flexibility index (Phi) is 5.87. The molecule has 1 saturated heterocycles. The molecule has 0 amide bonds. The number of esters is 1. The number of rotatable bonds is 6. The molecule has 9 heteroatoms. The predicted octanol–water partition coefficient (Wildman–Crippen LogP) is 1.73. The third-order valence-electron chi connectivity index (χ3n) is 5.87. The maximum atomic E-state index is 13.3. The number of aromatic nitrogens is 2. The minimum Gasteiger partial charge on any atom is -0.465 e. The second-order valence-corrected chi connectivity index (χ2v) is 9.67. The van der Waals surface area contributed by atoms with Crippen molar-refractivity contribution in [1.29, 1.82) is 0 Å². The van der Waals surface area contributed by atoms with Gasteiger partial charge in [-0.3, -0.25) is 14.2 Å². The van der Waals surface area contributed by atoms with Gasteiger partial charge in [0.2, 0.25) is 0 Å². The summed E-state index contributed by atoms with van der Waals surface area (Å²) in [5, 5.41) is 0.552. The average molecular weight is 436 g/mol. The number of nitrogens with zero attached hydrogens (tertiary/aromatic N) is 3. The van der Waals surface area contributed by atoms with Crippen LogP contribution in [-0.2, 0) is 40.4 Å². The molecule has 0 N–H and O–H groups in total. The number of ether oxygens (including phenoxy) is 2. The minimum atomic E-state index is -0.574. The molecule has 0 radical (unpaired) electrons. The van der Waals surface area contributed by atoms with Crippen molar-refractivity contribution in [3.05, 3.63) is 31.3 Å². The fourth-order valence-electron chi connectivity index (χ4n) is 4.32.